The Balaban J connectivity index is 2.23. The largest absolute Gasteiger partial charge is 0.192 e. The normalized spacial score (nSPS) is 10.9. The van der Waals surface area contributed by atoms with Crippen LogP contribution in [0, 0.1) is 0 Å². The average molecular weight is 280 g/mol. The second-order valence-corrected chi connectivity index (χ2v) is 5.33. The quantitative estimate of drug-likeness (QED) is 0.591. The molecule has 4 heteroatoms. The Morgan fingerprint density at radius 2 is 1.59 bits per heavy atom. The number of halogens is 2. The van der Waals surface area contributed by atoms with E-state index >= 15 is 0 Å². The molecular formula is C13H7Cl2NS. The molecule has 0 bridgehead atoms. The average Bonchev–Trinajstić information content (AvgIpc) is 2.73. The SMILES string of the molecule is Clc1ccc(-c2snc3ccc(Cl)cc23)cc1. The van der Waals surface area contributed by atoms with E-state index in [9.17, 15) is 0 Å². The van der Waals surface area contributed by atoms with Crippen molar-refractivity contribution < 1.29 is 0 Å². The first-order chi connectivity index (χ1) is 8.24. The predicted octanol–water partition coefficient (Wildman–Crippen LogP) is 5.27. The Labute approximate surface area is 113 Å². The molecule has 0 unspecified atom stereocenters. The summed E-state index contributed by atoms with van der Waals surface area (Å²) in [5, 5.41) is 2.55. The summed E-state index contributed by atoms with van der Waals surface area (Å²) in [6.45, 7) is 0. The summed E-state index contributed by atoms with van der Waals surface area (Å²) in [6, 6.07) is 13.5. The molecule has 0 atom stereocenters. The number of hydrogen-bond acceptors (Lipinski definition) is 2. The predicted molar refractivity (Wildman–Crippen MR) is 75.1 cm³/mol. The summed E-state index contributed by atoms with van der Waals surface area (Å²) in [5.74, 6) is 0. The number of rotatable bonds is 1. The van der Waals surface area contributed by atoms with E-state index in [0.29, 0.717) is 0 Å². The van der Waals surface area contributed by atoms with Crippen molar-refractivity contribution in [3.05, 3.63) is 52.5 Å². The number of fused-ring (bicyclic) bond motifs is 1. The molecule has 0 aliphatic carbocycles. The molecule has 1 aromatic heterocycles. The molecule has 0 fully saturated rings. The molecule has 0 saturated carbocycles. The second-order valence-electron chi connectivity index (χ2n) is 3.68. The fourth-order valence-electron chi connectivity index (χ4n) is 1.72. The van der Waals surface area contributed by atoms with E-state index in [1.54, 1.807) is 0 Å². The zero-order valence-electron chi connectivity index (χ0n) is 8.65. The van der Waals surface area contributed by atoms with Gasteiger partial charge in [-0.05, 0) is 47.4 Å². The van der Waals surface area contributed by atoms with Crippen molar-refractivity contribution in [3.63, 3.8) is 0 Å². The molecule has 3 aromatic rings. The number of benzene rings is 2. The molecule has 84 valence electrons. The minimum Gasteiger partial charge on any atom is -0.192 e. The van der Waals surface area contributed by atoms with Crippen LogP contribution in [0.5, 0.6) is 0 Å². The zero-order chi connectivity index (χ0) is 11.8. The lowest BCUT2D eigenvalue weighted by atomic mass is 10.1. The van der Waals surface area contributed by atoms with Crippen LogP contribution in [0.25, 0.3) is 21.3 Å². The third-order valence-corrected chi connectivity index (χ3v) is 3.96. The van der Waals surface area contributed by atoms with E-state index in [-0.39, 0.29) is 0 Å². The third kappa shape index (κ3) is 2.04. The van der Waals surface area contributed by atoms with Crippen molar-refractivity contribution in [1.29, 1.82) is 0 Å². The van der Waals surface area contributed by atoms with Crippen LogP contribution in [0.2, 0.25) is 10.0 Å². The monoisotopic (exact) mass is 279 g/mol. The van der Waals surface area contributed by atoms with Crippen LogP contribution in [0.15, 0.2) is 42.5 Å². The van der Waals surface area contributed by atoms with E-state index in [1.165, 1.54) is 11.5 Å². The van der Waals surface area contributed by atoms with Crippen LogP contribution in [0.3, 0.4) is 0 Å². The van der Waals surface area contributed by atoms with Crippen LogP contribution >= 0.6 is 34.7 Å². The molecule has 0 aliphatic heterocycles. The minimum absolute atomic E-state index is 0.730. The van der Waals surface area contributed by atoms with Gasteiger partial charge in [-0.25, -0.2) is 0 Å². The molecule has 2 aromatic carbocycles. The summed E-state index contributed by atoms with van der Waals surface area (Å²) in [6.07, 6.45) is 0. The van der Waals surface area contributed by atoms with Crippen molar-refractivity contribution >= 4 is 45.6 Å². The van der Waals surface area contributed by atoms with E-state index in [4.69, 9.17) is 23.2 Å². The Hall–Kier alpha value is -1.09. The second kappa shape index (κ2) is 4.30. The van der Waals surface area contributed by atoms with Crippen LogP contribution in [0.4, 0.5) is 0 Å². The first-order valence-corrected chi connectivity index (χ1v) is 6.58. The van der Waals surface area contributed by atoms with Crippen LogP contribution in [-0.2, 0) is 0 Å². The van der Waals surface area contributed by atoms with Gasteiger partial charge in [-0.1, -0.05) is 35.3 Å². The molecule has 3 rings (SSSR count). The van der Waals surface area contributed by atoms with Gasteiger partial charge in [0.25, 0.3) is 0 Å². The standard InChI is InChI=1S/C13H7Cl2NS/c14-9-3-1-8(2-4-9)13-11-7-10(15)5-6-12(11)16-17-13/h1-7H. The summed E-state index contributed by atoms with van der Waals surface area (Å²) < 4.78 is 4.41. The highest BCUT2D eigenvalue weighted by atomic mass is 35.5. The highest BCUT2D eigenvalue weighted by Gasteiger charge is 2.08. The lowest BCUT2D eigenvalue weighted by Crippen LogP contribution is -1.74. The molecular weight excluding hydrogens is 273 g/mol. The summed E-state index contributed by atoms with van der Waals surface area (Å²) in [4.78, 5) is 1.12. The van der Waals surface area contributed by atoms with Gasteiger partial charge >= 0.3 is 0 Å². The van der Waals surface area contributed by atoms with Crippen LogP contribution < -0.4 is 0 Å². The van der Waals surface area contributed by atoms with Gasteiger partial charge in [0, 0.05) is 15.4 Å². The Bertz CT molecular complexity index is 673. The Kier molecular flexibility index (Phi) is 2.79. The van der Waals surface area contributed by atoms with Gasteiger partial charge in [0.1, 0.15) is 0 Å². The number of aromatic nitrogens is 1. The lowest BCUT2D eigenvalue weighted by Gasteiger charge is -1.98. The molecule has 1 nitrogen and oxygen atoms in total. The van der Waals surface area contributed by atoms with Gasteiger partial charge < -0.3 is 0 Å². The molecule has 1 heterocycles. The Morgan fingerprint density at radius 3 is 2.35 bits per heavy atom. The first kappa shape index (κ1) is 11.0. The van der Waals surface area contributed by atoms with Crippen molar-refractivity contribution in [1.82, 2.24) is 4.37 Å². The molecule has 0 saturated heterocycles. The van der Waals surface area contributed by atoms with Crippen LogP contribution in [-0.4, -0.2) is 4.37 Å². The molecule has 0 amide bonds. The topological polar surface area (TPSA) is 12.9 Å². The maximum atomic E-state index is 6.02. The minimum atomic E-state index is 0.730. The molecule has 0 spiro atoms. The highest BCUT2D eigenvalue weighted by molar-refractivity contribution is 7.11. The maximum Gasteiger partial charge on any atom is 0.0848 e. The van der Waals surface area contributed by atoms with Crippen LogP contribution in [0.1, 0.15) is 0 Å². The first-order valence-electron chi connectivity index (χ1n) is 5.05. The summed E-state index contributed by atoms with van der Waals surface area (Å²) >= 11 is 13.4. The fourth-order valence-corrected chi connectivity index (χ4v) is 2.87. The van der Waals surface area contributed by atoms with E-state index in [1.807, 2.05) is 42.5 Å². The Morgan fingerprint density at radius 1 is 0.882 bits per heavy atom. The van der Waals surface area contributed by atoms with E-state index in [2.05, 4.69) is 4.37 Å². The molecule has 0 aliphatic rings. The van der Waals surface area contributed by atoms with Gasteiger partial charge in [0.15, 0.2) is 0 Å². The summed E-state index contributed by atoms with van der Waals surface area (Å²) in [7, 11) is 0. The van der Waals surface area contributed by atoms with E-state index < -0.39 is 0 Å². The number of nitrogens with zero attached hydrogens (tertiary/aromatic N) is 1. The molecule has 17 heavy (non-hydrogen) atoms. The van der Waals surface area contributed by atoms with Gasteiger partial charge in [-0.2, -0.15) is 4.37 Å². The third-order valence-electron chi connectivity index (χ3n) is 2.54. The van der Waals surface area contributed by atoms with Crippen molar-refractivity contribution in [2.45, 2.75) is 0 Å². The van der Waals surface area contributed by atoms with Crippen molar-refractivity contribution in [2.75, 3.05) is 0 Å². The van der Waals surface area contributed by atoms with E-state index in [0.717, 1.165) is 31.4 Å². The molecule has 0 radical (unpaired) electrons. The zero-order valence-corrected chi connectivity index (χ0v) is 11.0. The van der Waals surface area contributed by atoms with Gasteiger partial charge in [0.05, 0.1) is 10.4 Å². The highest BCUT2D eigenvalue weighted by Crippen LogP contribution is 2.34. The van der Waals surface area contributed by atoms with Gasteiger partial charge in [-0.3, -0.25) is 0 Å². The lowest BCUT2D eigenvalue weighted by molar-refractivity contribution is 1.66. The van der Waals surface area contributed by atoms with Gasteiger partial charge in [-0.15, -0.1) is 0 Å². The smallest absolute Gasteiger partial charge is 0.0848 e. The van der Waals surface area contributed by atoms with Gasteiger partial charge in [0.2, 0.25) is 0 Å². The van der Waals surface area contributed by atoms with Crippen molar-refractivity contribution in [2.24, 2.45) is 0 Å². The fraction of sp³-hybridized carbons (Fsp3) is 0. The van der Waals surface area contributed by atoms with Crippen molar-refractivity contribution in [3.8, 4) is 10.4 Å². The maximum absolute atomic E-state index is 6.02. The molecule has 0 N–H and O–H groups in total. The summed E-state index contributed by atoms with van der Waals surface area (Å²) in [5.41, 5.74) is 2.09. The number of hydrogen-bond donors (Lipinski definition) is 0.